The molecule has 7 nitrogen and oxygen atoms in total. The van der Waals surface area contributed by atoms with E-state index in [0.717, 1.165) is 22.8 Å². The Morgan fingerprint density at radius 3 is 2.44 bits per heavy atom. The van der Waals surface area contributed by atoms with Crippen molar-refractivity contribution in [3.63, 3.8) is 0 Å². The summed E-state index contributed by atoms with van der Waals surface area (Å²) in [5.41, 5.74) is 1.86. The SMILES string of the molecule is CCN(CC)S(=O)(=O)c1cccc(-c2nnc(S[C@H](C)c3cccnc3)n2CC(C)C)c1. The van der Waals surface area contributed by atoms with E-state index in [0.29, 0.717) is 24.8 Å². The maximum atomic E-state index is 13.0. The van der Waals surface area contributed by atoms with Gasteiger partial charge in [0.1, 0.15) is 0 Å². The summed E-state index contributed by atoms with van der Waals surface area (Å²) in [6.07, 6.45) is 3.63. The number of aromatic nitrogens is 4. The molecular formula is C23H31N5O2S2. The van der Waals surface area contributed by atoms with Gasteiger partial charge in [0.05, 0.1) is 4.90 Å². The Bertz CT molecular complexity index is 1130. The second kappa shape index (κ2) is 10.6. The summed E-state index contributed by atoms with van der Waals surface area (Å²) >= 11 is 1.63. The van der Waals surface area contributed by atoms with Gasteiger partial charge in [-0.1, -0.05) is 57.7 Å². The van der Waals surface area contributed by atoms with Crippen LogP contribution in [0.2, 0.25) is 0 Å². The van der Waals surface area contributed by atoms with Crippen molar-refractivity contribution in [2.45, 2.75) is 56.5 Å². The van der Waals surface area contributed by atoms with Crippen LogP contribution in [-0.2, 0) is 16.6 Å². The highest BCUT2D eigenvalue weighted by Crippen LogP contribution is 2.35. The van der Waals surface area contributed by atoms with E-state index in [4.69, 9.17) is 0 Å². The smallest absolute Gasteiger partial charge is 0.243 e. The first kappa shape index (κ1) is 24.4. The minimum Gasteiger partial charge on any atom is -0.302 e. The molecule has 0 aliphatic heterocycles. The van der Waals surface area contributed by atoms with E-state index in [1.807, 2.05) is 32.2 Å². The topological polar surface area (TPSA) is 81.0 Å². The quantitative estimate of drug-likeness (QED) is 0.390. The van der Waals surface area contributed by atoms with Crippen LogP contribution in [0.15, 0.2) is 58.8 Å². The van der Waals surface area contributed by atoms with Crippen LogP contribution < -0.4 is 0 Å². The fourth-order valence-electron chi connectivity index (χ4n) is 3.47. The van der Waals surface area contributed by atoms with Gasteiger partial charge in [-0.15, -0.1) is 10.2 Å². The lowest BCUT2D eigenvalue weighted by Gasteiger charge is -2.19. The standard InChI is InChI=1S/C23H31N5O2S2/c1-6-27(7-2)32(29,30)21-12-8-10-19(14-21)22-25-26-23(28(22)16-17(3)4)31-18(5)20-11-9-13-24-15-20/h8-15,17-18H,6-7,16H2,1-5H3/t18-/m1/s1. The van der Waals surface area contributed by atoms with Gasteiger partial charge < -0.3 is 4.57 Å². The van der Waals surface area contributed by atoms with Gasteiger partial charge >= 0.3 is 0 Å². The maximum Gasteiger partial charge on any atom is 0.243 e. The minimum atomic E-state index is -3.55. The Hall–Kier alpha value is -2.23. The molecule has 0 N–H and O–H groups in total. The molecular weight excluding hydrogens is 442 g/mol. The highest BCUT2D eigenvalue weighted by atomic mass is 32.2. The zero-order valence-corrected chi connectivity index (χ0v) is 20.9. The highest BCUT2D eigenvalue weighted by molar-refractivity contribution is 7.99. The van der Waals surface area contributed by atoms with Gasteiger partial charge in [0, 0.05) is 42.8 Å². The lowest BCUT2D eigenvalue weighted by molar-refractivity contribution is 0.445. The molecule has 0 saturated heterocycles. The van der Waals surface area contributed by atoms with E-state index < -0.39 is 10.0 Å². The van der Waals surface area contributed by atoms with Crippen LogP contribution in [0.4, 0.5) is 0 Å². The number of nitrogens with zero attached hydrogens (tertiary/aromatic N) is 5. The van der Waals surface area contributed by atoms with Crippen LogP contribution in [0, 0.1) is 5.92 Å². The molecule has 0 bridgehead atoms. The molecule has 0 amide bonds. The second-order valence-corrected chi connectivity index (χ2v) is 11.2. The Balaban J connectivity index is 2.00. The number of benzene rings is 1. The molecule has 0 radical (unpaired) electrons. The van der Waals surface area contributed by atoms with Crippen molar-refractivity contribution in [3.8, 4) is 11.4 Å². The van der Waals surface area contributed by atoms with Crippen molar-refractivity contribution in [1.82, 2.24) is 24.1 Å². The first-order valence-corrected chi connectivity index (χ1v) is 13.2. The summed E-state index contributed by atoms with van der Waals surface area (Å²) in [6, 6.07) is 11.0. The van der Waals surface area contributed by atoms with Crippen LogP contribution >= 0.6 is 11.8 Å². The molecule has 3 aromatic rings. The predicted octanol–water partition coefficient (Wildman–Crippen LogP) is 4.88. The highest BCUT2D eigenvalue weighted by Gasteiger charge is 2.24. The fourth-order valence-corrected chi connectivity index (χ4v) is 5.94. The largest absolute Gasteiger partial charge is 0.302 e. The molecule has 1 atom stereocenters. The zero-order valence-electron chi connectivity index (χ0n) is 19.3. The molecule has 2 heterocycles. The van der Waals surface area contributed by atoms with E-state index in [1.165, 1.54) is 4.31 Å². The molecule has 3 rings (SSSR count). The number of pyridine rings is 1. The molecule has 172 valence electrons. The van der Waals surface area contributed by atoms with E-state index in [1.54, 1.807) is 36.2 Å². The van der Waals surface area contributed by atoms with Crippen LogP contribution in [0.25, 0.3) is 11.4 Å². The monoisotopic (exact) mass is 473 g/mol. The van der Waals surface area contributed by atoms with Crippen molar-refractivity contribution < 1.29 is 8.42 Å². The van der Waals surface area contributed by atoms with Gasteiger partial charge in [-0.3, -0.25) is 4.98 Å². The number of rotatable bonds is 10. The lowest BCUT2D eigenvalue weighted by Crippen LogP contribution is -2.30. The zero-order chi connectivity index (χ0) is 23.3. The molecule has 0 aliphatic carbocycles. The fraction of sp³-hybridized carbons (Fsp3) is 0.435. The second-order valence-electron chi connectivity index (χ2n) is 7.97. The molecule has 0 saturated carbocycles. The van der Waals surface area contributed by atoms with Crippen molar-refractivity contribution >= 4 is 21.8 Å². The number of sulfonamides is 1. The maximum absolute atomic E-state index is 13.0. The lowest BCUT2D eigenvalue weighted by atomic mass is 10.2. The summed E-state index contributed by atoms with van der Waals surface area (Å²) < 4.78 is 29.6. The third kappa shape index (κ3) is 5.39. The van der Waals surface area contributed by atoms with Gasteiger partial charge in [0.15, 0.2) is 11.0 Å². The first-order chi connectivity index (χ1) is 15.3. The Morgan fingerprint density at radius 2 is 1.81 bits per heavy atom. The van der Waals surface area contributed by atoms with Crippen molar-refractivity contribution in [3.05, 3.63) is 54.4 Å². The minimum absolute atomic E-state index is 0.154. The summed E-state index contributed by atoms with van der Waals surface area (Å²) in [5.74, 6) is 1.05. The van der Waals surface area contributed by atoms with Crippen LogP contribution in [-0.4, -0.2) is 45.6 Å². The van der Waals surface area contributed by atoms with Crippen molar-refractivity contribution in [2.24, 2.45) is 5.92 Å². The Kier molecular flexibility index (Phi) is 8.08. The van der Waals surface area contributed by atoms with Gasteiger partial charge in [-0.2, -0.15) is 4.31 Å². The summed E-state index contributed by atoms with van der Waals surface area (Å²) in [6.45, 7) is 11.7. The molecule has 2 aromatic heterocycles. The number of thioether (sulfide) groups is 1. The third-order valence-electron chi connectivity index (χ3n) is 5.14. The molecule has 9 heteroatoms. The van der Waals surface area contributed by atoms with Gasteiger partial charge in [0.25, 0.3) is 0 Å². The number of hydrogen-bond donors (Lipinski definition) is 0. The molecule has 0 aliphatic rings. The van der Waals surface area contributed by atoms with Gasteiger partial charge in [-0.25, -0.2) is 8.42 Å². The molecule has 0 unspecified atom stereocenters. The van der Waals surface area contributed by atoms with Gasteiger partial charge in [-0.05, 0) is 36.6 Å². The van der Waals surface area contributed by atoms with Crippen molar-refractivity contribution in [1.29, 1.82) is 0 Å². The summed E-state index contributed by atoms with van der Waals surface area (Å²) in [5, 5.41) is 9.89. The normalized spacial score (nSPS) is 13.1. The summed E-state index contributed by atoms with van der Waals surface area (Å²) in [4.78, 5) is 4.49. The Labute approximate surface area is 195 Å². The van der Waals surface area contributed by atoms with Crippen LogP contribution in [0.5, 0.6) is 0 Å². The average molecular weight is 474 g/mol. The van der Waals surface area contributed by atoms with E-state index in [-0.39, 0.29) is 10.1 Å². The molecule has 1 aromatic carbocycles. The van der Waals surface area contributed by atoms with Gasteiger partial charge in [0.2, 0.25) is 10.0 Å². The van der Waals surface area contributed by atoms with E-state index in [2.05, 4.69) is 46.6 Å². The average Bonchev–Trinajstić information content (AvgIpc) is 3.16. The van der Waals surface area contributed by atoms with E-state index in [9.17, 15) is 8.42 Å². The third-order valence-corrected chi connectivity index (χ3v) is 8.32. The van der Waals surface area contributed by atoms with Crippen LogP contribution in [0.3, 0.4) is 0 Å². The first-order valence-electron chi connectivity index (χ1n) is 10.9. The summed E-state index contributed by atoms with van der Waals surface area (Å²) in [7, 11) is -3.55. The Morgan fingerprint density at radius 1 is 1.06 bits per heavy atom. The molecule has 0 fully saturated rings. The predicted molar refractivity (Wildman–Crippen MR) is 129 cm³/mol. The molecule has 0 spiro atoms. The number of hydrogen-bond acceptors (Lipinski definition) is 6. The van der Waals surface area contributed by atoms with Crippen molar-refractivity contribution in [2.75, 3.05) is 13.1 Å². The van der Waals surface area contributed by atoms with E-state index >= 15 is 0 Å². The molecule has 32 heavy (non-hydrogen) atoms. The van der Waals surface area contributed by atoms with Crippen LogP contribution in [0.1, 0.15) is 45.4 Å².